The van der Waals surface area contributed by atoms with Crippen LogP contribution in [0.3, 0.4) is 0 Å². The lowest BCUT2D eigenvalue weighted by Gasteiger charge is -1.91. The number of nitrogens with zero attached hydrogens (tertiary/aromatic N) is 3. The van der Waals surface area contributed by atoms with Crippen molar-refractivity contribution in [2.24, 2.45) is 5.18 Å². The van der Waals surface area contributed by atoms with Crippen molar-refractivity contribution in [3.8, 4) is 10.6 Å². The first-order valence-corrected chi connectivity index (χ1v) is 6.18. The average molecular weight is 237 g/mol. The lowest BCUT2D eigenvalue weighted by atomic mass is 10.3. The van der Waals surface area contributed by atoms with Crippen molar-refractivity contribution < 1.29 is 0 Å². The van der Waals surface area contributed by atoms with E-state index in [9.17, 15) is 4.91 Å². The van der Waals surface area contributed by atoms with E-state index in [0.29, 0.717) is 10.0 Å². The summed E-state index contributed by atoms with van der Waals surface area (Å²) in [5, 5.41) is 4.84. The molecule has 2 heterocycles. The van der Waals surface area contributed by atoms with Gasteiger partial charge in [0.2, 0.25) is 0 Å². The third kappa shape index (κ3) is 2.05. The van der Waals surface area contributed by atoms with Crippen LogP contribution in [0.5, 0.6) is 0 Å². The molecule has 0 aliphatic rings. The molecule has 0 aromatic carbocycles. The van der Waals surface area contributed by atoms with E-state index in [1.807, 2.05) is 18.4 Å². The predicted octanol–water partition coefficient (Wildman–Crippen LogP) is 3.32. The second kappa shape index (κ2) is 4.50. The van der Waals surface area contributed by atoms with E-state index < -0.39 is 0 Å². The van der Waals surface area contributed by atoms with Crippen LogP contribution >= 0.6 is 23.1 Å². The summed E-state index contributed by atoms with van der Waals surface area (Å²) in [6, 6.07) is 3.74. The van der Waals surface area contributed by atoms with Gasteiger partial charge in [0.15, 0.2) is 5.00 Å². The Morgan fingerprint density at radius 3 is 2.93 bits per heavy atom. The summed E-state index contributed by atoms with van der Waals surface area (Å²) in [5.74, 6) is 0. The lowest BCUT2D eigenvalue weighted by Crippen LogP contribution is -1.77. The largest absolute Gasteiger partial charge is 0.264 e. The Hall–Kier alpha value is -1.27. The molecule has 76 valence electrons. The fraction of sp³-hybridized carbons (Fsp3) is 0.111. The predicted molar refractivity (Wildman–Crippen MR) is 62.6 cm³/mol. The number of hydrogen-bond acceptors (Lipinski definition) is 6. The van der Waals surface area contributed by atoms with Gasteiger partial charge in [0, 0.05) is 18.0 Å². The van der Waals surface area contributed by atoms with Crippen LogP contribution in [0.15, 0.2) is 34.7 Å². The number of hydrogen-bond donors (Lipinski definition) is 0. The molecule has 0 saturated heterocycles. The highest BCUT2D eigenvalue weighted by Crippen LogP contribution is 2.37. The van der Waals surface area contributed by atoms with Crippen LogP contribution in [-0.2, 0) is 0 Å². The van der Waals surface area contributed by atoms with Crippen LogP contribution in [0.4, 0.5) is 5.00 Å². The summed E-state index contributed by atoms with van der Waals surface area (Å²) in [4.78, 5) is 18.8. The van der Waals surface area contributed by atoms with Crippen molar-refractivity contribution in [3.63, 3.8) is 0 Å². The monoisotopic (exact) mass is 237 g/mol. The minimum Gasteiger partial charge on any atom is -0.264 e. The zero-order valence-corrected chi connectivity index (χ0v) is 9.51. The van der Waals surface area contributed by atoms with Gasteiger partial charge in [0.05, 0.1) is 0 Å². The summed E-state index contributed by atoms with van der Waals surface area (Å²) in [7, 11) is 0. The van der Waals surface area contributed by atoms with Crippen molar-refractivity contribution >= 4 is 28.1 Å². The van der Waals surface area contributed by atoms with Crippen molar-refractivity contribution in [2.45, 2.75) is 5.03 Å². The van der Waals surface area contributed by atoms with Crippen LogP contribution in [0.25, 0.3) is 10.6 Å². The van der Waals surface area contributed by atoms with Gasteiger partial charge in [-0.15, -0.1) is 16.7 Å². The molecule has 15 heavy (non-hydrogen) atoms. The zero-order chi connectivity index (χ0) is 10.7. The Labute approximate surface area is 94.8 Å². The molecule has 0 fully saturated rings. The highest BCUT2D eigenvalue weighted by atomic mass is 32.2. The molecule has 0 aliphatic carbocycles. The lowest BCUT2D eigenvalue weighted by molar-refractivity contribution is 1.19. The SMILES string of the molecule is CSc1nc(-c2cccnc2)sc1N=O. The number of pyridine rings is 1. The fourth-order valence-corrected chi connectivity index (χ4v) is 2.66. The van der Waals surface area contributed by atoms with Crippen LogP contribution in [0.2, 0.25) is 0 Å². The maximum atomic E-state index is 10.5. The van der Waals surface area contributed by atoms with Crippen LogP contribution in [0.1, 0.15) is 0 Å². The topological polar surface area (TPSA) is 55.2 Å². The molecule has 2 rings (SSSR count). The molecule has 4 nitrogen and oxygen atoms in total. The number of rotatable bonds is 3. The summed E-state index contributed by atoms with van der Waals surface area (Å²) < 4.78 is 0. The average Bonchev–Trinajstić information content (AvgIpc) is 2.73. The Kier molecular flexibility index (Phi) is 3.08. The molecule has 0 N–H and O–H groups in total. The minimum atomic E-state index is 0.432. The molecule has 0 amide bonds. The zero-order valence-electron chi connectivity index (χ0n) is 7.88. The number of aromatic nitrogens is 2. The molecule has 0 radical (unpaired) electrons. The fourth-order valence-electron chi connectivity index (χ4n) is 1.10. The first-order valence-electron chi connectivity index (χ1n) is 4.13. The molecule has 6 heteroatoms. The highest BCUT2D eigenvalue weighted by Gasteiger charge is 2.12. The van der Waals surface area contributed by atoms with Gasteiger partial charge in [0.1, 0.15) is 10.0 Å². The van der Waals surface area contributed by atoms with Gasteiger partial charge in [-0.3, -0.25) is 4.98 Å². The highest BCUT2D eigenvalue weighted by molar-refractivity contribution is 7.98. The molecular weight excluding hydrogens is 230 g/mol. The standard InChI is InChI=1S/C9H7N3OS2/c1-14-8-9(12-13)15-7(11-8)6-3-2-4-10-5-6/h2-5H,1H3. The maximum absolute atomic E-state index is 10.5. The van der Waals surface area contributed by atoms with Crippen LogP contribution < -0.4 is 0 Å². The third-order valence-electron chi connectivity index (χ3n) is 1.76. The smallest absolute Gasteiger partial charge is 0.195 e. The van der Waals surface area contributed by atoms with Gasteiger partial charge < -0.3 is 0 Å². The molecule has 0 aliphatic heterocycles. The quantitative estimate of drug-likeness (QED) is 0.607. The van der Waals surface area contributed by atoms with Crippen LogP contribution in [-0.4, -0.2) is 16.2 Å². The van der Waals surface area contributed by atoms with Crippen LogP contribution in [0, 0.1) is 4.91 Å². The number of thioether (sulfide) groups is 1. The maximum Gasteiger partial charge on any atom is 0.195 e. The van der Waals surface area contributed by atoms with E-state index in [2.05, 4.69) is 15.1 Å². The molecule has 0 unspecified atom stereocenters. The first-order chi connectivity index (χ1) is 7.35. The van der Waals surface area contributed by atoms with E-state index in [4.69, 9.17) is 0 Å². The number of nitroso groups, excluding NO2 is 1. The minimum absolute atomic E-state index is 0.432. The molecule has 0 spiro atoms. The second-order valence-corrected chi connectivity index (χ2v) is 4.44. The van der Waals surface area contributed by atoms with E-state index >= 15 is 0 Å². The van der Waals surface area contributed by atoms with Crippen molar-refractivity contribution in [1.82, 2.24) is 9.97 Å². The van der Waals surface area contributed by atoms with Gasteiger partial charge in [-0.1, -0.05) is 11.3 Å². The van der Waals surface area contributed by atoms with E-state index in [0.717, 1.165) is 10.6 Å². The second-order valence-electron chi connectivity index (χ2n) is 2.67. The first kappa shape index (κ1) is 10.3. The molecule has 2 aromatic rings. The normalized spacial score (nSPS) is 10.2. The van der Waals surface area contributed by atoms with E-state index in [-0.39, 0.29) is 0 Å². The van der Waals surface area contributed by atoms with Crippen molar-refractivity contribution in [1.29, 1.82) is 0 Å². The van der Waals surface area contributed by atoms with E-state index in [1.54, 1.807) is 12.4 Å². The summed E-state index contributed by atoms with van der Waals surface area (Å²) in [6.07, 6.45) is 5.29. The summed E-state index contributed by atoms with van der Waals surface area (Å²) in [6.45, 7) is 0. The van der Waals surface area contributed by atoms with Gasteiger partial charge in [-0.2, -0.15) is 0 Å². The molecule has 0 bridgehead atoms. The molecule has 0 atom stereocenters. The van der Waals surface area contributed by atoms with Crippen molar-refractivity contribution in [3.05, 3.63) is 29.4 Å². The third-order valence-corrected chi connectivity index (χ3v) is 3.55. The Morgan fingerprint density at radius 2 is 2.40 bits per heavy atom. The van der Waals surface area contributed by atoms with Gasteiger partial charge in [-0.25, -0.2) is 4.98 Å². The summed E-state index contributed by atoms with van der Waals surface area (Å²) in [5.41, 5.74) is 0.910. The molecular formula is C9H7N3OS2. The Balaban J connectivity index is 2.46. The van der Waals surface area contributed by atoms with Crippen molar-refractivity contribution in [2.75, 3.05) is 6.26 Å². The number of thiazole rings is 1. The molecule has 2 aromatic heterocycles. The Morgan fingerprint density at radius 1 is 1.53 bits per heavy atom. The van der Waals surface area contributed by atoms with Gasteiger partial charge in [-0.05, 0) is 23.6 Å². The van der Waals surface area contributed by atoms with Gasteiger partial charge in [0.25, 0.3) is 0 Å². The van der Waals surface area contributed by atoms with Gasteiger partial charge >= 0.3 is 0 Å². The Bertz CT molecular complexity index is 469. The van der Waals surface area contributed by atoms with E-state index in [1.165, 1.54) is 23.1 Å². The summed E-state index contributed by atoms with van der Waals surface area (Å²) >= 11 is 2.71. The molecule has 0 saturated carbocycles.